The zero-order valence-corrected chi connectivity index (χ0v) is 15.7. The standard InChI is InChI=1S/C21H30N4O/c1-15-7-12-20-19(13-15)22-14-25(20)18-10-8-17(9-11-18)24-21(26)23-16-5-3-2-4-6-16/h7,12-14,16-18H,2-6,8-11H2,1H3,(H2,23,24,26). The van der Waals surface area contributed by atoms with Gasteiger partial charge >= 0.3 is 6.03 Å². The molecule has 0 bridgehead atoms. The Labute approximate surface area is 155 Å². The molecule has 1 aromatic carbocycles. The van der Waals surface area contributed by atoms with Crippen molar-refractivity contribution in [2.24, 2.45) is 0 Å². The summed E-state index contributed by atoms with van der Waals surface area (Å²) in [5.74, 6) is 0. The lowest BCUT2D eigenvalue weighted by atomic mass is 9.91. The van der Waals surface area contributed by atoms with Gasteiger partial charge in [-0.2, -0.15) is 0 Å². The molecule has 0 radical (unpaired) electrons. The summed E-state index contributed by atoms with van der Waals surface area (Å²) < 4.78 is 2.33. The molecule has 2 saturated carbocycles. The molecule has 5 heteroatoms. The van der Waals surface area contributed by atoms with Crippen LogP contribution < -0.4 is 10.6 Å². The monoisotopic (exact) mass is 354 g/mol. The maximum absolute atomic E-state index is 12.3. The Balaban J connectivity index is 1.30. The van der Waals surface area contributed by atoms with Crippen LogP contribution in [0.15, 0.2) is 24.5 Å². The number of urea groups is 1. The number of rotatable bonds is 3. The summed E-state index contributed by atoms with van der Waals surface area (Å²) in [6.45, 7) is 2.10. The van der Waals surface area contributed by atoms with Crippen LogP contribution in [0.1, 0.15) is 69.4 Å². The number of nitrogens with one attached hydrogen (secondary N) is 2. The molecule has 0 aliphatic heterocycles. The lowest BCUT2D eigenvalue weighted by Crippen LogP contribution is -2.47. The highest BCUT2D eigenvalue weighted by Gasteiger charge is 2.25. The Bertz CT molecular complexity index is 754. The highest BCUT2D eigenvalue weighted by Crippen LogP contribution is 2.31. The molecule has 2 aromatic rings. The molecule has 5 nitrogen and oxygen atoms in total. The fourth-order valence-electron chi connectivity index (χ4n) is 4.59. The van der Waals surface area contributed by atoms with Crippen LogP contribution in [0.3, 0.4) is 0 Å². The van der Waals surface area contributed by atoms with Gasteiger partial charge in [0.2, 0.25) is 0 Å². The van der Waals surface area contributed by atoms with E-state index < -0.39 is 0 Å². The second-order valence-electron chi connectivity index (χ2n) is 8.10. The van der Waals surface area contributed by atoms with Gasteiger partial charge in [-0.05, 0) is 63.1 Å². The zero-order valence-electron chi connectivity index (χ0n) is 15.7. The van der Waals surface area contributed by atoms with Gasteiger partial charge in [-0.25, -0.2) is 9.78 Å². The van der Waals surface area contributed by atoms with Gasteiger partial charge < -0.3 is 15.2 Å². The Morgan fingerprint density at radius 2 is 1.69 bits per heavy atom. The summed E-state index contributed by atoms with van der Waals surface area (Å²) in [7, 11) is 0. The van der Waals surface area contributed by atoms with Crippen molar-refractivity contribution in [3.05, 3.63) is 30.1 Å². The third kappa shape index (κ3) is 3.87. The number of nitrogens with zero attached hydrogens (tertiary/aromatic N) is 2. The van der Waals surface area contributed by atoms with Crippen molar-refractivity contribution in [3.8, 4) is 0 Å². The molecule has 1 heterocycles. The Morgan fingerprint density at radius 3 is 2.42 bits per heavy atom. The molecular formula is C21H30N4O. The Morgan fingerprint density at radius 1 is 1.00 bits per heavy atom. The maximum atomic E-state index is 12.3. The molecule has 0 atom stereocenters. The predicted molar refractivity (Wildman–Crippen MR) is 104 cm³/mol. The summed E-state index contributed by atoms with van der Waals surface area (Å²) in [6.07, 6.45) is 12.3. The van der Waals surface area contributed by atoms with E-state index in [9.17, 15) is 4.79 Å². The second-order valence-corrected chi connectivity index (χ2v) is 8.10. The molecule has 2 amide bonds. The smallest absolute Gasteiger partial charge is 0.315 e. The van der Waals surface area contributed by atoms with Crippen LogP contribution >= 0.6 is 0 Å². The summed E-state index contributed by atoms with van der Waals surface area (Å²) in [4.78, 5) is 16.8. The highest BCUT2D eigenvalue weighted by molar-refractivity contribution is 5.76. The third-order valence-corrected chi connectivity index (χ3v) is 6.10. The molecule has 4 rings (SSSR count). The molecule has 0 saturated heterocycles. The first-order valence-corrected chi connectivity index (χ1v) is 10.2. The highest BCUT2D eigenvalue weighted by atomic mass is 16.2. The summed E-state index contributed by atoms with van der Waals surface area (Å²) in [5.41, 5.74) is 3.55. The van der Waals surface area contributed by atoms with Crippen molar-refractivity contribution in [2.45, 2.75) is 82.8 Å². The number of amides is 2. The number of aromatic nitrogens is 2. The van der Waals surface area contributed by atoms with Crippen LogP contribution in [-0.4, -0.2) is 27.7 Å². The summed E-state index contributed by atoms with van der Waals surface area (Å²) >= 11 is 0. The molecule has 2 aliphatic rings. The number of carbonyl (C=O) groups excluding carboxylic acids is 1. The number of aryl methyl sites for hydroxylation is 1. The molecular weight excluding hydrogens is 324 g/mol. The minimum atomic E-state index is 0.0314. The average molecular weight is 354 g/mol. The van der Waals surface area contributed by atoms with Crippen LogP contribution in [0.5, 0.6) is 0 Å². The molecule has 2 N–H and O–H groups in total. The summed E-state index contributed by atoms with van der Waals surface area (Å²) in [6, 6.07) is 7.68. The van der Waals surface area contributed by atoms with Gasteiger partial charge in [0, 0.05) is 18.1 Å². The van der Waals surface area contributed by atoms with Crippen molar-refractivity contribution >= 4 is 17.1 Å². The van der Waals surface area contributed by atoms with E-state index in [0.29, 0.717) is 18.1 Å². The maximum Gasteiger partial charge on any atom is 0.315 e. The van der Waals surface area contributed by atoms with Crippen molar-refractivity contribution < 1.29 is 4.79 Å². The van der Waals surface area contributed by atoms with Crippen LogP contribution in [-0.2, 0) is 0 Å². The zero-order chi connectivity index (χ0) is 17.9. The normalized spacial score (nSPS) is 24.5. The van der Waals surface area contributed by atoms with Gasteiger partial charge in [0.05, 0.1) is 17.4 Å². The third-order valence-electron chi connectivity index (χ3n) is 6.10. The quantitative estimate of drug-likeness (QED) is 0.855. The van der Waals surface area contributed by atoms with Crippen LogP contribution in [0.4, 0.5) is 4.79 Å². The van der Waals surface area contributed by atoms with Crippen LogP contribution in [0.25, 0.3) is 11.0 Å². The first-order valence-electron chi connectivity index (χ1n) is 10.2. The van der Waals surface area contributed by atoms with Crippen LogP contribution in [0.2, 0.25) is 0 Å². The minimum absolute atomic E-state index is 0.0314. The van der Waals surface area contributed by atoms with Gasteiger partial charge in [-0.3, -0.25) is 0 Å². The number of benzene rings is 1. The van der Waals surface area contributed by atoms with E-state index in [0.717, 1.165) is 44.0 Å². The van der Waals surface area contributed by atoms with E-state index >= 15 is 0 Å². The molecule has 0 unspecified atom stereocenters. The number of imidazole rings is 1. The number of hydrogen-bond acceptors (Lipinski definition) is 2. The molecule has 2 fully saturated rings. The van der Waals surface area contributed by atoms with E-state index in [2.05, 4.69) is 45.3 Å². The number of fused-ring (bicyclic) bond motifs is 1. The SMILES string of the molecule is Cc1ccc2c(c1)ncn2C1CCC(NC(=O)NC2CCCCC2)CC1. The number of carbonyl (C=O) groups is 1. The predicted octanol–water partition coefficient (Wildman–Crippen LogP) is 4.46. The first kappa shape index (κ1) is 17.4. The van der Waals surface area contributed by atoms with E-state index in [-0.39, 0.29) is 6.03 Å². The van der Waals surface area contributed by atoms with Crippen molar-refractivity contribution in [1.29, 1.82) is 0 Å². The van der Waals surface area contributed by atoms with Gasteiger partial charge in [0.1, 0.15) is 0 Å². The average Bonchev–Trinajstić information content (AvgIpc) is 3.06. The number of hydrogen-bond donors (Lipinski definition) is 2. The minimum Gasteiger partial charge on any atom is -0.335 e. The Kier molecular flexibility index (Phi) is 5.14. The van der Waals surface area contributed by atoms with E-state index in [1.807, 2.05) is 6.33 Å². The van der Waals surface area contributed by atoms with Gasteiger partial charge in [0.25, 0.3) is 0 Å². The summed E-state index contributed by atoms with van der Waals surface area (Å²) in [5, 5.41) is 6.37. The van der Waals surface area contributed by atoms with Gasteiger partial charge in [-0.15, -0.1) is 0 Å². The fourth-order valence-corrected chi connectivity index (χ4v) is 4.59. The molecule has 1 aromatic heterocycles. The lowest BCUT2D eigenvalue weighted by molar-refractivity contribution is 0.220. The lowest BCUT2D eigenvalue weighted by Gasteiger charge is -2.31. The van der Waals surface area contributed by atoms with Gasteiger partial charge in [0.15, 0.2) is 0 Å². The van der Waals surface area contributed by atoms with E-state index in [1.165, 1.54) is 30.3 Å². The fraction of sp³-hybridized carbons (Fsp3) is 0.619. The largest absolute Gasteiger partial charge is 0.335 e. The van der Waals surface area contributed by atoms with Crippen molar-refractivity contribution in [1.82, 2.24) is 20.2 Å². The van der Waals surface area contributed by atoms with E-state index in [1.54, 1.807) is 0 Å². The first-order chi connectivity index (χ1) is 12.7. The van der Waals surface area contributed by atoms with Crippen molar-refractivity contribution in [2.75, 3.05) is 0 Å². The van der Waals surface area contributed by atoms with E-state index in [4.69, 9.17) is 0 Å². The topological polar surface area (TPSA) is 59.0 Å². The van der Waals surface area contributed by atoms with Crippen molar-refractivity contribution in [3.63, 3.8) is 0 Å². The van der Waals surface area contributed by atoms with Gasteiger partial charge in [-0.1, -0.05) is 25.3 Å². The van der Waals surface area contributed by atoms with Crippen LogP contribution in [0, 0.1) is 6.92 Å². The second kappa shape index (κ2) is 7.68. The molecule has 26 heavy (non-hydrogen) atoms. The Hall–Kier alpha value is -2.04. The molecule has 0 spiro atoms. The molecule has 140 valence electrons. The molecule has 2 aliphatic carbocycles.